The third-order valence-electron chi connectivity index (χ3n) is 2.69. The van der Waals surface area contributed by atoms with Gasteiger partial charge in [0.1, 0.15) is 11.5 Å². The summed E-state index contributed by atoms with van der Waals surface area (Å²) in [5.74, 6) is 1.76. The van der Waals surface area contributed by atoms with E-state index in [1.165, 1.54) is 0 Å². The molecular formula is C15H17NO2. The van der Waals surface area contributed by atoms with Crippen molar-refractivity contribution < 1.29 is 9.21 Å². The van der Waals surface area contributed by atoms with Crippen molar-refractivity contribution in [3.63, 3.8) is 0 Å². The van der Waals surface area contributed by atoms with E-state index < -0.39 is 0 Å². The summed E-state index contributed by atoms with van der Waals surface area (Å²) < 4.78 is 5.72. The molecule has 0 atom stereocenters. The van der Waals surface area contributed by atoms with Crippen LogP contribution in [-0.4, -0.2) is 12.5 Å². The standard InChI is InChI=1S/C15H17NO2/c1-2-16-15(17)11-9-13-8-10-14(18-13)12-6-4-3-5-7-12/h3-8,10H,2,9,11H2,1H3,(H,16,17). The Kier molecular flexibility index (Phi) is 4.18. The number of carbonyl (C=O) groups is 1. The van der Waals surface area contributed by atoms with Gasteiger partial charge < -0.3 is 9.73 Å². The maximum Gasteiger partial charge on any atom is 0.220 e. The zero-order valence-corrected chi connectivity index (χ0v) is 10.5. The largest absolute Gasteiger partial charge is 0.461 e. The number of furan rings is 1. The molecule has 1 aromatic carbocycles. The lowest BCUT2D eigenvalue weighted by Gasteiger charge is -2.00. The fourth-order valence-electron chi connectivity index (χ4n) is 1.79. The number of hydrogen-bond acceptors (Lipinski definition) is 2. The third kappa shape index (κ3) is 3.23. The van der Waals surface area contributed by atoms with Gasteiger partial charge in [0.05, 0.1) is 0 Å². The number of amides is 1. The molecular weight excluding hydrogens is 226 g/mol. The lowest BCUT2D eigenvalue weighted by Crippen LogP contribution is -2.22. The van der Waals surface area contributed by atoms with Crippen LogP contribution in [0.3, 0.4) is 0 Å². The SMILES string of the molecule is CCNC(=O)CCc1ccc(-c2ccccc2)o1. The highest BCUT2D eigenvalue weighted by Gasteiger charge is 2.06. The van der Waals surface area contributed by atoms with E-state index in [9.17, 15) is 4.79 Å². The number of carbonyl (C=O) groups excluding carboxylic acids is 1. The Morgan fingerprint density at radius 3 is 2.67 bits per heavy atom. The van der Waals surface area contributed by atoms with Gasteiger partial charge >= 0.3 is 0 Å². The molecule has 3 nitrogen and oxygen atoms in total. The monoisotopic (exact) mass is 243 g/mol. The first-order valence-corrected chi connectivity index (χ1v) is 6.20. The minimum Gasteiger partial charge on any atom is -0.461 e. The van der Waals surface area contributed by atoms with Crippen molar-refractivity contribution in [2.75, 3.05) is 6.54 Å². The van der Waals surface area contributed by atoms with Crippen molar-refractivity contribution in [2.24, 2.45) is 0 Å². The van der Waals surface area contributed by atoms with Crippen LogP contribution in [0.4, 0.5) is 0 Å². The van der Waals surface area contributed by atoms with Crippen LogP contribution in [0.15, 0.2) is 46.9 Å². The summed E-state index contributed by atoms with van der Waals surface area (Å²) in [5.41, 5.74) is 1.06. The van der Waals surface area contributed by atoms with Crippen LogP contribution >= 0.6 is 0 Å². The van der Waals surface area contributed by atoms with Crippen molar-refractivity contribution in [2.45, 2.75) is 19.8 Å². The van der Waals surface area contributed by atoms with E-state index in [1.807, 2.05) is 49.4 Å². The second kappa shape index (κ2) is 6.05. The first-order chi connectivity index (χ1) is 8.79. The van der Waals surface area contributed by atoms with Gasteiger partial charge in [0.25, 0.3) is 0 Å². The molecule has 1 amide bonds. The molecule has 0 bridgehead atoms. The fraction of sp³-hybridized carbons (Fsp3) is 0.267. The van der Waals surface area contributed by atoms with Crippen molar-refractivity contribution in [1.82, 2.24) is 5.32 Å². The van der Waals surface area contributed by atoms with Gasteiger partial charge in [0.15, 0.2) is 0 Å². The fourth-order valence-corrected chi connectivity index (χ4v) is 1.79. The van der Waals surface area contributed by atoms with Gasteiger partial charge in [-0.1, -0.05) is 30.3 Å². The highest BCUT2D eigenvalue weighted by atomic mass is 16.3. The minimum atomic E-state index is 0.0650. The van der Waals surface area contributed by atoms with Gasteiger partial charge in [-0.15, -0.1) is 0 Å². The van der Waals surface area contributed by atoms with Crippen LogP contribution < -0.4 is 5.32 Å². The molecule has 0 aliphatic heterocycles. The molecule has 0 unspecified atom stereocenters. The molecule has 1 N–H and O–H groups in total. The molecule has 0 aliphatic carbocycles. The van der Waals surface area contributed by atoms with Gasteiger partial charge in [-0.05, 0) is 19.1 Å². The lowest BCUT2D eigenvalue weighted by atomic mass is 10.2. The van der Waals surface area contributed by atoms with E-state index >= 15 is 0 Å². The molecule has 0 saturated heterocycles. The second-order valence-corrected chi connectivity index (χ2v) is 4.09. The number of nitrogens with one attached hydrogen (secondary N) is 1. The maximum absolute atomic E-state index is 11.3. The molecule has 0 saturated carbocycles. The summed E-state index contributed by atoms with van der Waals surface area (Å²) in [5, 5.41) is 2.77. The highest BCUT2D eigenvalue weighted by molar-refractivity contribution is 5.76. The number of hydrogen-bond donors (Lipinski definition) is 1. The summed E-state index contributed by atoms with van der Waals surface area (Å²) >= 11 is 0. The molecule has 0 radical (unpaired) electrons. The zero-order valence-electron chi connectivity index (χ0n) is 10.5. The van der Waals surface area contributed by atoms with Crippen molar-refractivity contribution in [1.29, 1.82) is 0 Å². The molecule has 3 heteroatoms. The molecule has 18 heavy (non-hydrogen) atoms. The summed E-state index contributed by atoms with van der Waals surface area (Å²) in [6.07, 6.45) is 1.11. The van der Waals surface area contributed by atoms with Crippen LogP contribution in [0.5, 0.6) is 0 Å². The predicted octanol–water partition coefficient (Wildman–Crippen LogP) is 3.02. The Bertz CT molecular complexity index is 502. The molecule has 0 fully saturated rings. The van der Waals surface area contributed by atoms with E-state index in [1.54, 1.807) is 0 Å². The zero-order chi connectivity index (χ0) is 12.8. The number of rotatable bonds is 5. The van der Waals surface area contributed by atoms with Crippen molar-refractivity contribution in [3.8, 4) is 11.3 Å². The van der Waals surface area contributed by atoms with Gasteiger partial charge in [-0.25, -0.2) is 0 Å². The lowest BCUT2D eigenvalue weighted by molar-refractivity contribution is -0.121. The van der Waals surface area contributed by atoms with Crippen molar-refractivity contribution in [3.05, 3.63) is 48.2 Å². The normalized spacial score (nSPS) is 10.3. The number of benzene rings is 1. The molecule has 0 spiro atoms. The van der Waals surface area contributed by atoms with E-state index in [2.05, 4.69) is 5.32 Å². The summed E-state index contributed by atoms with van der Waals surface area (Å²) in [7, 11) is 0. The second-order valence-electron chi connectivity index (χ2n) is 4.09. The number of aryl methyl sites for hydroxylation is 1. The van der Waals surface area contributed by atoms with Gasteiger partial charge in [0, 0.05) is 24.9 Å². The first-order valence-electron chi connectivity index (χ1n) is 6.20. The van der Waals surface area contributed by atoms with Crippen LogP contribution in [0, 0.1) is 0 Å². The average Bonchev–Trinajstić information content (AvgIpc) is 2.87. The first kappa shape index (κ1) is 12.4. The third-order valence-corrected chi connectivity index (χ3v) is 2.69. The Hall–Kier alpha value is -2.03. The van der Waals surface area contributed by atoms with E-state index in [4.69, 9.17) is 4.42 Å². The molecule has 94 valence electrons. The van der Waals surface area contributed by atoms with Crippen LogP contribution in [0.25, 0.3) is 11.3 Å². The van der Waals surface area contributed by atoms with Gasteiger partial charge in [-0.3, -0.25) is 4.79 Å². The smallest absolute Gasteiger partial charge is 0.220 e. The van der Waals surface area contributed by atoms with Crippen LogP contribution in [0.2, 0.25) is 0 Å². The molecule has 1 heterocycles. The molecule has 1 aromatic heterocycles. The predicted molar refractivity (Wildman–Crippen MR) is 71.1 cm³/mol. The summed E-state index contributed by atoms with van der Waals surface area (Å²) in [6.45, 7) is 2.59. The Balaban J connectivity index is 1.97. The summed E-state index contributed by atoms with van der Waals surface area (Å²) in [4.78, 5) is 11.3. The van der Waals surface area contributed by atoms with Gasteiger partial charge in [-0.2, -0.15) is 0 Å². The Morgan fingerprint density at radius 1 is 1.17 bits per heavy atom. The summed E-state index contributed by atoms with van der Waals surface area (Å²) in [6, 6.07) is 13.8. The minimum absolute atomic E-state index is 0.0650. The Labute approximate surface area is 107 Å². The van der Waals surface area contributed by atoms with Crippen LogP contribution in [0.1, 0.15) is 19.1 Å². The molecule has 2 rings (SSSR count). The van der Waals surface area contributed by atoms with Crippen LogP contribution in [-0.2, 0) is 11.2 Å². The average molecular weight is 243 g/mol. The van der Waals surface area contributed by atoms with Crippen molar-refractivity contribution >= 4 is 5.91 Å². The van der Waals surface area contributed by atoms with E-state index in [0.717, 1.165) is 17.1 Å². The molecule has 2 aromatic rings. The molecule has 0 aliphatic rings. The topological polar surface area (TPSA) is 42.2 Å². The van der Waals surface area contributed by atoms with E-state index in [0.29, 0.717) is 19.4 Å². The Morgan fingerprint density at radius 2 is 1.94 bits per heavy atom. The highest BCUT2D eigenvalue weighted by Crippen LogP contribution is 2.22. The maximum atomic E-state index is 11.3. The quantitative estimate of drug-likeness (QED) is 0.877. The van der Waals surface area contributed by atoms with E-state index in [-0.39, 0.29) is 5.91 Å². The van der Waals surface area contributed by atoms with Gasteiger partial charge in [0.2, 0.25) is 5.91 Å².